The molecule has 4 aliphatic rings. The Balaban J connectivity index is 1.93. The molecule has 102 valence electrons. The third-order valence-corrected chi connectivity index (χ3v) is 5.56. The molecular weight excluding hydrogens is 244 g/mol. The molecule has 19 heavy (non-hydrogen) atoms. The van der Waals surface area contributed by atoms with Crippen LogP contribution in [0.4, 0.5) is 0 Å². The lowest BCUT2D eigenvalue weighted by Crippen LogP contribution is -2.51. The van der Waals surface area contributed by atoms with Crippen molar-refractivity contribution in [1.29, 1.82) is 0 Å². The van der Waals surface area contributed by atoms with E-state index in [1.165, 1.54) is 0 Å². The van der Waals surface area contributed by atoms with Crippen molar-refractivity contribution in [3.63, 3.8) is 0 Å². The molecule has 3 heterocycles. The molecule has 2 spiro atoms. The maximum Gasteiger partial charge on any atom is 0.336 e. The fourth-order valence-electron chi connectivity index (χ4n) is 4.42. The van der Waals surface area contributed by atoms with Crippen molar-refractivity contribution < 1.29 is 19.4 Å². The summed E-state index contributed by atoms with van der Waals surface area (Å²) in [6.45, 7) is 5.68. The van der Waals surface area contributed by atoms with Gasteiger partial charge < -0.3 is 14.6 Å². The van der Waals surface area contributed by atoms with E-state index in [-0.39, 0.29) is 11.9 Å². The number of carbonyl (C=O) groups excluding carboxylic acids is 1. The van der Waals surface area contributed by atoms with E-state index in [9.17, 15) is 9.90 Å². The van der Waals surface area contributed by atoms with Crippen LogP contribution in [0.25, 0.3) is 0 Å². The van der Waals surface area contributed by atoms with Gasteiger partial charge in [-0.15, -0.1) is 0 Å². The number of ether oxygens (including phenoxy) is 2. The molecule has 4 heteroatoms. The van der Waals surface area contributed by atoms with Crippen LogP contribution in [0.1, 0.15) is 40.0 Å². The minimum atomic E-state index is -0.970. The first-order valence-electron chi connectivity index (χ1n) is 6.87. The Hall–Kier alpha value is -1.13. The SMILES string of the molecule is CC1=C[C@]23OC(=O)C(C)=C2C[C@@H]2[C@@]1(CC[C@@]2(C)O)O3. The molecule has 3 aliphatic heterocycles. The summed E-state index contributed by atoms with van der Waals surface area (Å²) in [7, 11) is 0. The Kier molecular flexibility index (Phi) is 1.82. The highest BCUT2D eigenvalue weighted by Gasteiger charge is 2.69. The van der Waals surface area contributed by atoms with Crippen molar-refractivity contribution in [3.05, 3.63) is 22.8 Å². The highest BCUT2D eigenvalue weighted by atomic mass is 16.7. The summed E-state index contributed by atoms with van der Waals surface area (Å²) < 4.78 is 11.8. The monoisotopic (exact) mass is 262 g/mol. The van der Waals surface area contributed by atoms with E-state index >= 15 is 0 Å². The molecule has 1 saturated carbocycles. The third-order valence-electron chi connectivity index (χ3n) is 5.56. The average molecular weight is 262 g/mol. The van der Waals surface area contributed by atoms with Gasteiger partial charge in [0.1, 0.15) is 5.60 Å². The summed E-state index contributed by atoms with van der Waals surface area (Å²) in [6, 6.07) is 0. The highest BCUT2D eigenvalue weighted by Crippen LogP contribution is 2.63. The molecule has 1 N–H and O–H groups in total. The van der Waals surface area contributed by atoms with Gasteiger partial charge in [0.25, 0.3) is 5.79 Å². The van der Waals surface area contributed by atoms with Gasteiger partial charge in [-0.3, -0.25) is 0 Å². The predicted molar refractivity (Wildman–Crippen MR) is 67.1 cm³/mol. The number of rotatable bonds is 0. The first-order chi connectivity index (χ1) is 8.81. The molecule has 0 aromatic rings. The van der Waals surface area contributed by atoms with E-state index in [4.69, 9.17) is 9.47 Å². The largest absolute Gasteiger partial charge is 0.422 e. The van der Waals surface area contributed by atoms with Crippen molar-refractivity contribution in [2.45, 2.75) is 57.0 Å². The Bertz CT molecular complexity index is 571. The topological polar surface area (TPSA) is 55.8 Å². The van der Waals surface area contributed by atoms with Gasteiger partial charge >= 0.3 is 5.97 Å². The number of hydrogen-bond donors (Lipinski definition) is 1. The molecular formula is C15H18O4. The second-order valence-electron chi connectivity index (χ2n) is 6.59. The van der Waals surface area contributed by atoms with Crippen molar-refractivity contribution in [2.24, 2.45) is 5.92 Å². The quantitative estimate of drug-likeness (QED) is 0.534. The van der Waals surface area contributed by atoms with Crippen LogP contribution in [-0.4, -0.2) is 28.1 Å². The second kappa shape index (κ2) is 2.96. The van der Waals surface area contributed by atoms with E-state index in [2.05, 4.69) is 0 Å². The predicted octanol–water partition coefficient (Wildman–Crippen LogP) is 1.84. The molecule has 0 amide bonds. The molecule has 4 nitrogen and oxygen atoms in total. The van der Waals surface area contributed by atoms with Crippen LogP contribution in [0.15, 0.2) is 22.8 Å². The molecule has 4 rings (SSSR count). The van der Waals surface area contributed by atoms with Gasteiger partial charge in [-0.1, -0.05) is 0 Å². The lowest BCUT2D eigenvalue weighted by molar-refractivity contribution is -0.233. The van der Waals surface area contributed by atoms with Crippen LogP contribution in [0.2, 0.25) is 0 Å². The number of hydrogen-bond acceptors (Lipinski definition) is 4. The minimum Gasteiger partial charge on any atom is -0.422 e. The number of aliphatic hydroxyl groups is 1. The van der Waals surface area contributed by atoms with Crippen LogP contribution in [0, 0.1) is 5.92 Å². The van der Waals surface area contributed by atoms with Gasteiger partial charge in [0, 0.05) is 17.1 Å². The number of carbonyl (C=O) groups is 1. The summed E-state index contributed by atoms with van der Waals surface area (Å²) in [4.78, 5) is 11.9. The smallest absolute Gasteiger partial charge is 0.336 e. The highest BCUT2D eigenvalue weighted by molar-refractivity contribution is 5.93. The van der Waals surface area contributed by atoms with Crippen LogP contribution in [0.3, 0.4) is 0 Å². The van der Waals surface area contributed by atoms with E-state index in [1.807, 2.05) is 19.9 Å². The van der Waals surface area contributed by atoms with Gasteiger partial charge in [0.15, 0.2) is 0 Å². The minimum absolute atomic E-state index is 0.00586. The standard InChI is InChI=1S/C15H18O4/c1-8-7-15-10(9(2)12(16)18-15)6-11-13(3,17)4-5-14(8,11)19-15/h7,11,17H,4-6H2,1-3H3/t11-,13+,14-,15+/m0/s1. The first-order valence-corrected chi connectivity index (χ1v) is 6.87. The van der Waals surface area contributed by atoms with Gasteiger partial charge in [-0.2, -0.15) is 0 Å². The van der Waals surface area contributed by atoms with Gasteiger partial charge in [0.2, 0.25) is 0 Å². The molecule has 0 aromatic carbocycles. The Labute approximate surface area is 112 Å². The normalized spacial score (nSPS) is 51.1. The molecule has 0 radical (unpaired) electrons. The fraction of sp³-hybridized carbons (Fsp3) is 0.667. The molecule has 2 bridgehead atoms. The van der Waals surface area contributed by atoms with E-state index in [1.54, 1.807) is 6.92 Å². The van der Waals surface area contributed by atoms with E-state index in [0.29, 0.717) is 12.0 Å². The Morgan fingerprint density at radius 1 is 1.37 bits per heavy atom. The van der Waals surface area contributed by atoms with Crippen molar-refractivity contribution in [2.75, 3.05) is 0 Å². The second-order valence-corrected chi connectivity index (χ2v) is 6.59. The molecule has 0 unspecified atom stereocenters. The van der Waals surface area contributed by atoms with Gasteiger partial charge in [-0.05, 0) is 51.7 Å². The van der Waals surface area contributed by atoms with Crippen molar-refractivity contribution in [3.8, 4) is 0 Å². The zero-order valence-corrected chi connectivity index (χ0v) is 11.4. The molecule has 0 aromatic heterocycles. The van der Waals surface area contributed by atoms with Gasteiger partial charge in [0.05, 0.1) is 5.60 Å². The fourth-order valence-corrected chi connectivity index (χ4v) is 4.42. The summed E-state index contributed by atoms with van der Waals surface area (Å²) in [6.07, 6.45) is 4.13. The summed E-state index contributed by atoms with van der Waals surface area (Å²) in [5.41, 5.74) is 1.44. The average Bonchev–Trinajstić information content (AvgIpc) is 2.81. The van der Waals surface area contributed by atoms with Crippen molar-refractivity contribution in [1.82, 2.24) is 0 Å². The first kappa shape index (κ1) is 11.7. The summed E-state index contributed by atoms with van der Waals surface area (Å²) >= 11 is 0. The molecule has 1 saturated heterocycles. The molecule has 2 fully saturated rings. The van der Waals surface area contributed by atoms with Gasteiger partial charge in [-0.25, -0.2) is 4.79 Å². The summed E-state index contributed by atoms with van der Waals surface area (Å²) in [5.74, 6) is -1.26. The van der Waals surface area contributed by atoms with Crippen LogP contribution < -0.4 is 0 Å². The number of esters is 1. The lowest BCUT2D eigenvalue weighted by Gasteiger charge is -2.44. The zero-order valence-electron chi connectivity index (χ0n) is 11.4. The molecule has 1 aliphatic carbocycles. The zero-order chi connectivity index (χ0) is 13.6. The lowest BCUT2D eigenvalue weighted by atomic mass is 9.75. The third kappa shape index (κ3) is 1.11. The van der Waals surface area contributed by atoms with Crippen molar-refractivity contribution >= 4 is 5.97 Å². The molecule has 4 atom stereocenters. The Morgan fingerprint density at radius 3 is 2.84 bits per heavy atom. The van der Waals surface area contributed by atoms with E-state index < -0.39 is 17.0 Å². The maximum atomic E-state index is 11.9. The summed E-state index contributed by atoms with van der Waals surface area (Å²) in [5, 5.41) is 10.6. The van der Waals surface area contributed by atoms with E-state index in [0.717, 1.165) is 24.0 Å². The maximum absolute atomic E-state index is 11.9. The van der Waals surface area contributed by atoms with Crippen LogP contribution >= 0.6 is 0 Å². The van der Waals surface area contributed by atoms with Crippen LogP contribution in [0.5, 0.6) is 0 Å². The van der Waals surface area contributed by atoms with Crippen LogP contribution in [-0.2, 0) is 14.3 Å². The Morgan fingerprint density at radius 2 is 2.11 bits per heavy atom.